The smallest absolute Gasteiger partial charge is 0.0639 e. The van der Waals surface area contributed by atoms with Crippen molar-refractivity contribution in [3.8, 4) is 0 Å². The molecule has 0 radical (unpaired) electrons. The van der Waals surface area contributed by atoms with E-state index in [2.05, 4.69) is 5.32 Å². The first-order chi connectivity index (χ1) is 6.66. The molecule has 0 saturated carbocycles. The number of halogens is 2. The van der Waals surface area contributed by atoms with E-state index >= 15 is 0 Å². The van der Waals surface area contributed by atoms with Gasteiger partial charge in [-0.3, -0.25) is 0 Å². The van der Waals surface area contributed by atoms with E-state index in [4.69, 9.17) is 28.9 Å². The monoisotopic (exact) mass is 232 g/mol. The fourth-order valence-electron chi connectivity index (χ4n) is 1.26. The third-order valence-electron chi connectivity index (χ3n) is 2.04. The molecule has 3 N–H and O–H groups in total. The van der Waals surface area contributed by atoms with Gasteiger partial charge in [0.05, 0.1) is 10.0 Å². The van der Waals surface area contributed by atoms with Crippen molar-refractivity contribution >= 4 is 23.2 Å². The molecule has 0 aliphatic carbocycles. The van der Waals surface area contributed by atoms with Gasteiger partial charge in [0.25, 0.3) is 0 Å². The minimum Gasteiger partial charge on any atom is -0.329 e. The molecule has 0 heterocycles. The van der Waals surface area contributed by atoms with Gasteiger partial charge >= 0.3 is 0 Å². The Morgan fingerprint density at radius 3 is 2.79 bits per heavy atom. The van der Waals surface area contributed by atoms with Crippen LogP contribution in [0, 0.1) is 0 Å². The van der Waals surface area contributed by atoms with Gasteiger partial charge in [0.1, 0.15) is 0 Å². The highest BCUT2D eigenvalue weighted by molar-refractivity contribution is 6.42. The van der Waals surface area contributed by atoms with Gasteiger partial charge in [-0.05, 0) is 18.6 Å². The molecule has 1 rings (SSSR count). The molecule has 0 aliphatic heterocycles. The van der Waals surface area contributed by atoms with Crippen LogP contribution in [0.5, 0.6) is 0 Å². The number of nitrogens with one attached hydrogen (secondary N) is 1. The summed E-state index contributed by atoms with van der Waals surface area (Å²) >= 11 is 12.0. The maximum atomic E-state index is 6.06. The summed E-state index contributed by atoms with van der Waals surface area (Å²) in [6.07, 6.45) is 0. The average Bonchev–Trinajstić information content (AvgIpc) is 2.18. The minimum absolute atomic E-state index is 0.171. The third-order valence-corrected chi connectivity index (χ3v) is 2.88. The van der Waals surface area contributed by atoms with Gasteiger partial charge < -0.3 is 11.1 Å². The second-order valence-electron chi connectivity index (χ2n) is 3.11. The quantitative estimate of drug-likeness (QED) is 0.838. The summed E-state index contributed by atoms with van der Waals surface area (Å²) in [7, 11) is 0. The molecule has 0 saturated heterocycles. The molecular weight excluding hydrogens is 219 g/mol. The number of hydrogen-bond acceptors (Lipinski definition) is 2. The van der Waals surface area contributed by atoms with Crippen LogP contribution in [0.15, 0.2) is 18.2 Å². The highest BCUT2D eigenvalue weighted by Gasteiger charge is 2.10. The van der Waals surface area contributed by atoms with Gasteiger partial charge in [-0.1, -0.05) is 35.3 Å². The lowest BCUT2D eigenvalue weighted by molar-refractivity contribution is 0.582. The Hall–Kier alpha value is -0.280. The van der Waals surface area contributed by atoms with Crippen molar-refractivity contribution in [2.75, 3.05) is 13.1 Å². The molecule has 0 aliphatic rings. The summed E-state index contributed by atoms with van der Waals surface area (Å²) in [4.78, 5) is 0. The Balaban J connectivity index is 2.79. The Labute approximate surface area is 94.4 Å². The zero-order valence-electron chi connectivity index (χ0n) is 8.06. The third kappa shape index (κ3) is 2.85. The highest BCUT2D eigenvalue weighted by atomic mass is 35.5. The molecule has 4 heteroatoms. The van der Waals surface area contributed by atoms with Crippen molar-refractivity contribution in [2.45, 2.75) is 13.0 Å². The van der Waals surface area contributed by atoms with Crippen molar-refractivity contribution < 1.29 is 0 Å². The van der Waals surface area contributed by atoms with E-state index in [9.17, 15) is 0 Å². The average molecular weight is 233 g/mol. The predicted octanol–water partition coefficient (Wildman–Crippen LogP) is 2.60. The van der Waals surface area contributed by atoms with Crippen molar-refractivity contribution in [3.05, 3.63) is 33.8 Å². The number of hydrogen-bond donors (Lipinski definition) is 2. The van der Waals surface area contributed by atoms with E-state index in [1.54, 1.807) is 6.07 Å². The van der Waals surface area contributed by atoms with Gasteiger partial charge in [0.15, 0.2) is 0 Å². The van der Waals surface area contributed by atoms with Crippen LogP contribution in [0.25, 0.3) is 0 Å². The minimum atomic E-state index is 0.171. The van der Waals surface area contributed by atoms with Crippen LogP contribution in [0.2, 0.25) is 10.0 Å². The second kappa shape index (κ2) is 5.56. The van der Waals surface area contributed by atoms with Crippen LogP contribution in [-0.2, 0) is 0 Å². The highest BCUT2D eigenvalue weighted by Crippen LogP contribution is 2.29. The second-order valence-corrected chi connectivity index (χ2v) is 3.89. The molecule has 0 amide bonds. The fourth-order valence-corrected chi connectivity index (χ4v) is 1.74. The summed E-state index contributed by atoms with van der Waals surface area (Å²) in [5, 5.41) is 4.45. The van der Waals surface area contributed by atoms with Gasteiger partial charge in [0.2, 0.25) is 0 Å². The molecule has 1 atom stereocenters. The molecule has 0 spiro atoms. The van der Waals surface area contributed by atoms with Crippen molar-refractivity contribution in [2.24, 2.45) is 5.73 Å². The molecule has 78 valence electrons. The normalized spacial score (nSPS) is 12.9. The molecule has 0 aromatic heterocycles. The van der Waals surface area contributed by atoms with Crippen molar-refractivity contribution in [1.82, 2.24) is 5.32 Å². The zero-order chi connectivity index (χ0) is 10.6. The number of rotatable bonds is 4. The Morgan fingerprint density at radius 1 is 1.43 bits per heavy atom. The van der Waals surface area contributed by atoms with E-state index in [0.29, 0.717) is 16.6 Å². The SMILES string of the molecule is C[C@H](NCCN)c1cccc(Cl)c1Cl. The molecule has 1 aromatic carbocycles. The van der Waals surface area contributed by atoms with Gasteiger partial charge in [-0.15, -0.1) is 0 Å². The molecule has 0 unspecified atom stereocenters. The Bertz CT molecular complexity index is 302. The van der Waals surface area contributed by atoms with Crippen molar-refractivity contribution in [3.63, 3.8) is 0 Å². The summed E-state index contributed by atoms with van der Waals surface area (Å²) in [6, 6.07) is 5.81. The van der Waals surface area contributed by atoms with Crippen LogP contribution in [-0.4, -0.2) is 13.1 Å². The summed E-state index contributed by atoms with van der Waals surface area (Å²) in [5.41, 5.74) is 6.41. The topological polar surface area (TPSA) is 38.0 Å². The van der Waals surface area contributed by atoms with E-state index < -0.39 is 0 Å². The maximum absolute atomic E-state index is 6.06. The zero-order valence-corrected chi connectivity index (χ0v) is 9.57. The van der Waals surface area contributed by atoms with Crippen LogP contribution in [0.4, 0.5) is 0 Å². The predicted molar refractivity (Wildman–Crippen MR) is 61.9 cm³/mol. The number of nitrogens with two attached hydrogens (primary N) is 1. The fraction of sp³-hybridized carbons (Fsp3) is 0.400. The lowest BCUT2D eigenvalue weighted by Crippen LogP contribution is -2.25. The van der Waals surface area contributed by atoms with Crippen LogP contribution >= 0.6 is 23.2 Å². The van der Waals surface area contributed by atoms with Gasteiger partial charge in [-0.25, -0.2) is 0 Å². The van der Waals surface area contributed by atoms with E-state index in [0.717, 1.165) is 12.1 Å². The van der Waals surface area contributed by atoms with Crippen LogP contribution < -0.4 is 11.1 Å². The first kappa shape index (κ1) is 11.8. The van der Waals surface area contributed by atoms with E-state index in [1.807, 2.05) is 19.1 Å². The molecular formula is C10H14Cl2N2. The van der Waals surface area contributed by atoms with Gasteiger partial charge in [0, 0.05) is 19.1 Å². The first-order valence-corrected chi connectivity index (χ1v) is 5.29. The summed E-state index contributed by atoms with van der Waals surface area (Å²) < 4.78 is 0. The van der Waals surface area contributed by atoms with E-state index in [-0.39, 0.29) is 6.04 Å². The molecule has 1 aromatic rings. The maximum Gasteiger partial charge on any atom is 0.0639 e. The lowest BCUT2D eigenvalue weighted by Gasteiger charge is -2.15. The van der Waals surface area contributed by atoms with Crippen LogP contribution in [0.3, 0.4) is 0 Å². The summed E-state index contributed by atoms with van der Waals surface area (Å²) in [5.74, 6) is 0. The Kier molecular flexibility index (Phi) is 4.69. The summed E-state index contributed by atoms with van der Waals surface area (Å²) in [6.45, 7) is 3.42. The largest absolute Gasteiger partial charge is 0.329 e. The number of benzene rings is 1. The molecule has 2 nitrogen and oxygen atoms in total. The lowest BCUT2D eigenvalue weighted by atomic mass is 10.1. The van der Waals surface area contributed by atoms with Crippen molar-refractivity contribution in [1.29, 1.82) is 0 Å². The first-order valence-electron chi connectivity index (χ1n) is 4.54. The molecule has 0 fully saturated rings. The van der Waals surface area contributed by atoms with E-state index in [1.165, 1.54) is 0 Å². The van der Waals surface area contributed by atoms with Crippen LogP contribution in [0.1, 0.15) is 18.5 Å². The van der Waals surface area contributed by atoms with Gasteiger partial charge in [-0.2, -0.15) is 0 Å². The Morgan fingerprint density at radius 2 is 2.14 bits per heavy atom. The molecule has 0 bridgehead atoms. The standard InChI is InChI=1S/C10H14Cl2N2/c1-7(14-6-5-13)8-3-2-4-9(11)10(8)12/h2-4,7,14H,5-6,13H2,1H3/t7-/m0/s1. The molecule has 14 heavy (non-hydrogen) atoms.